The molecular weight excluding hydrogens is 238 g/mol. The highest BCUT2D eigenvalue weighted by Crippen LogP contribution is 2.31. The maximum Gasteiger partial charge on any atom is 0.0885 e. The van der Waals surface area contributed by atoms with E-state index >= 15 is 0 Å². The molecule has 0 atom stereocenters. The normalized spacial score (nSPS) is 10.8. The topological polar surface area (TPSA) is 60.2 Å². The van der Waals surface area contributed by atoms with Gasteiger partial charge in [-0.05, 0) is 24.6 Å². The summed E-state index contributed by atoms with van der Waals surface area (Å²) < 4.78 is 5.08. The number of aryl methyl sites for hydroxylation is 1. The lowest BCUT2D eigenvalue weighted by atomic mass is 10.1. The molecule has 0 amide bonds. The van der Waals surface area contributed by atoms with Gasteiger partial charge in [0.2, 0.25) is 0 Å². The van der Waals surface area contributed by atoms with Gasteiger partial charge >= 0.3 is 0 Å². The van der Waals surface area contributed by atoms with Crippen molar-refractivity contribution in [3.8, 4) is 0 Å². The van der Waals surface area contributed by atoms with E-state index in [4.69, 9.17) is 22.2 Å². The highest BCUT2D eigenvalue weighted by Gasteiger charge is 2.10. The standard InChI is InChI=1S/C12H14ClN3O/c1-7-3-4-9(13)11-10(16-14)5-8(6-17-2)15-12(7)11/h3-5H,6,14H2,1-2H3,(H,15,16). The van der Waals surface area contributed by atoms with Crippen molar-refractivity contribution < 1.29 is 4.74 Å². The van der Waals surface area contributed by atoms with Gasteiger partial charge in [0, 0.05) is 12.5 Å². The number of hydrazine groups is 1. The van der Waals surface area contributed by atoms with Gasteiger partial charge in [-0.25, -0.2) is 4.98 Å². The number of ether oxygens (including phenoxy) is 1. The number of nitrogens with one attached hydrogen (secondary N) is 1. The van der Waals surface area contributed by atoms with Gasteiger partial charge in [0.1, 0.15) is 0 Å². The van der Waals surface area contributed by atoms with Crippen molar-refractivity contribution in [2.45, 2.75) is 13.5 Å². The van der Waals surface area contributed by atoms with Crippen LogP contribution in [0.25, 0.3) is 10.9 Å². The summed E-state index contributed by atoms with van der Waals surface area (Å²) in [5.74, 6) is 5.52. The second-order valence-electron chi connectivity index (χ2n) is 3.83. The molecule has 0 fully saturated rings. The number of halogens is 1. The molecule has 1 heterocycles. The Kier molecular flexibility index (Phi) is 3.47. The predicted octanol–water partition coefficient (Wildman–Crippen LogP) is 2.63. The van der Waals surface area contributed by atoms with Gasteiger partial charge in [0.15, 0.2) is 0 Å². The van der Waals surface area contributed by atoms with E-state index in [9.17, 15) is 0 Å². The van der Waals surface area contributed by atoms with Gasteiger partial charge in [-0.15, -0.1) is 0 Å². The largest absolute Gasteiger partial charge is 0.378 e. The van der Waals surface area contributed by atoms with Crippen LogP contribution in [0.2, 0.25) is 5.02 Å². The van der Waals surface area contributed by atoms with Crippen LogP contribution in [0.3, 0.4) is 0 Å². The number of hydrogen-bond acceptors (Lipinski definition) is 4. The second kappa shape index (κ2) is 4.87. The van der Waals surface area contributed by atoms with Crippen LogP contribution < -0.4 is 11.3 Å². The molecule has 90 valence electrons. The Labute approximate surface area is 105 Å². The molecule has 17 heavy (non-hydrogen) atoms. The van der Waals surface area contributed by atoms with Crippen LogP contribution in [0.15, 0.2) is 18.2 Å². The summed E-state index contributed by atoms with van der Waals surface area (Å²) in [7, 11) is 1.63. The molecule has 0 radical (unpaired) electrons. The first-order valence-electron chi connectivity index (χ1n) is 5.21. The minimum Gasteiger partial charge on any atom is -0.378 e. The van der Waals surface area contributed by atoms with E-state index in [1.807, 2.05) is 25.1 Å². The zero-order chi connectivity index (χ0) is 12.4. The number of fused-ring (bicyclic) bond motifs is 1. The smallest absolute Gasteiger partial charge is 0.0885 e. The molecule has 1 aromatic carbocycles. The van der Waals surface area contributed by atoms with Crippen LogP contribution >= 0.6 is 11.6 Å². The molecule has 1 aromatic heterocycles. The molecule has 0 bridgehead atoms. The summed E-state index contributed by atoms with van der Waals surface area (Å²) in [5.41, 5.74) is 6.14. The molecular formula is C12H14ClN3O. The Balaban J connectivity index is 2.77. The van der Waals surface area contributed by atoms with Gasteiger partial charge < -0.3 is 10.2 Å². The third kappa shape index (κ3) is 2.20. The van der Waals surface area contributed by atoms with Crippen molar-refractivity contribution in [3.05, 3.63) is 34.5 Å². The summed E-state index contributed by atoms with van der Waals surface area (Å²) in [6.45, 7) is 2.43. The first-order valence-corrected chi connectivity index (χ1v) is 5.59. The van der Waals surface area contributed by atoms with Crippen molar-refractivity contribution in [2.75, 3.05) is 12.5 Å². The van der Waals surface area contributed by atoms with E-state index in [1.165, 1.54) is 0 Å². The van der Waals surface area contributed by atoms with Gasteiger partial charge in [0.25, 0.3) is 0 Å². The third-order valence-electron chi connectivity index (χ3n) is 2.61. The van der Waals surface area contributed by atoms with E-state index < -0.39 is 0 Å². The van der Waals surface area contributed by atoms with Crippen LogP contribution in [0, 0.1) is 6.92 Å². The summed E-state index contributed by atoms with van der Waals surface area (Å²) >= 11 is 6.18. The van der Waals surface area contributed by atoms with Crippen molar-refractivity contribution in [1.29, 1.82) is 0 Å². The molecule has 5 heteroatoms. The molecule has 2 aromatic rings. The molecule has 0 spiro atoms. The Morgan fingerprint density at radius 3 is 2.88 bits per heavy atom. The van der Waals surface area contributed by atoms with Gasteiger partial charge in [-0.2, -0.15) is 0 Å². The minimum absolute atomic E-state index is 0.441. The Morgan fingerprint density at radius 1 is 1.47 bits per heavy atom. The number of nitrogen functional groups attached to an aromatic ring is 1. The maximum atomic E-state index is 6.18. The molecule has 4 nitrogen and oxygen atoms in total. The Morgan fingerprint density at radius 2 is 2.24 bits per heavy atom. The highest BCUT2D eigenvalue weighted by atomic mass is 35.5. The Bertz CT molecular complexity index is 557. The molecule has 0 saturated carbocycles. The molecule has 0 aliphatic rings. The van der Waals surface area contributed by atoms with E-state index in [0.29, 0.717) is 11.6 Å². The zero-order valence-corrected chi connectivity index (χ0v) is 10.5. The van der Waals surface area contributed by atoms with Crippen molar-refractivity contribution in [1.82, 2.24) is 4.98 Å². The fraction of sp³-hybridized carbons (Fsp3) is 0.250. The van der Waals surface area contributed by atoms with Gasteiger partial charge in [0.05, 0.1) is 28.5 Å². The summed E-state index contributed by atoms with van der Waals surface area (Å²) in [6.07, 6.45) is 0. The predicted molar refractivity (Wildman–Crippen MR) is 70.0 cm³/mol. The zero-order valence-electron chi connectivity index (χ0n) is 9.75. The Hall–Kier alpha value is -1.36. The highest BCUT2D eigenvalue weighted by molar-refractivity contribution is 6.36. The van der Waals surface area contributed by atoms with Crippen LogP contribution in [0.4, 0.5) is 5.69 Å². The molecule has 0 unspecified atom stereocenters. The first-order chi connectivity index (χ1) is 8.17. The summed E-state index contributed by atoms with van der Waals surface area (Å²) in [5, 5.41) is 1.48. The van der Waals surface area contributed by atoms with E-state index in [-0.39, 0.29) is 0 Å². The lowest BCUT2D eigenvalue weighted by Crippen LogP contribution is -2.09. The molecule has 0 aliphatic carbocycles. The van der Waals surface area contributed by atoms with Gasteiger partial charge in [-0.1, -0.05) is 17.7 Å². The molecule has 0 aliphatic heterocycles. The van der Waals surface area contributed by atoms with Crippen molar-refractivity contribution >= 4 is 28.2 Å². The van der Waals surface area contributed by atoms with Crippen molar-refractivity contribution in [3.63, 3.8) is 0 Å². The minimum atomic E-state index is 0.441. The van der Waals surface area contributed by atoms with Crippen LogP contribution in [0.5, 0.6) is 0 Å². The number of aromatic nitrogens is 1. The number of pyridine rings is 1. The van der Waals surface area contributed by atoms with Crippen molar-refractivity contribution in [2.24, 2.45) is 5.84 Å². The fourth-order valence-corrected chi connectivity index (χ4v) is 2.08. The van der Waals surface area contributed by atoms with E-state index in [0.717, 1.165) is 27.8 Å². The number of methoxy groups -OCH3 is 1. The summed E-state index contributed by atoms with van der Waals surface area (Å²) in [6, 6.07) is 5.63. The number of rotatable bonds is 3. The first kappa shape index (κ1) is 12.1. The quantitative estimate of drug-likeness (QED) is 0.650. The maximum absolute atomic E-state index is 6.18. The van der Waals surface area contributed by atoms with E-state index in [2.05, 4.69) is 10.4 Å². The third-order valence-corrected chi connectivity index (χ3v) is 2.93. The number of hydrogen-bond donors (Lipinski definition) is 2. The average Bonchev–Trinajstić information content (AvgIpc) is 2.33. The van der Waals surface area contributed by atoms with Crippen LogP contribution in [-0.4, -0.2) is 12.1 Å². The number of benzene rings is 1. The molecule has 0 saturated heterocycles. The average molecular weight is 252 g/mol. The SMILES string of the molecule is COCc1cc(NN)c2c(Cl)ccc(C)c2n1. The molecule has 2 rings (SSSR count). The molecule has 3 N–H and O–H groups in total. The van der Waals surface area contributed by atoms with Crippen LogP contribution in [-0.2, 0) is 11.3 Å². The van der Waals surface area contributed by atoms with E-state index in [1.54, 1.807) is 7.11 Å². The monoisotopic (exact) mass is 251 g/mol. The second-order valence-corrected chi connectivity index (χ2v) is 4.23. The lowest BCUT2D eigenvalue weighted by molar-refractivity contribution is 0.182. The number of nitrogens with zero attached hydrogens (tertiary/aromatic N) is 1. The lowest BCUT2D eigenvalue weighted by Gasteiger charge is -2.11. The summed E-state index contributed by atoms with van der Waals surface area (Å²) in [4.78, 5) is 4.53. The number of anilines is 1. The fourth-order valence-electron chi connectivity index (χ4n) is 1.82. The van der Waals surface area contributed by atoms with Crippen LogP contribution in [0.1, 0.15) is 11.3 Å². The number of nitrogens with two attached hydrogens (primary N) is 1. The van der Waals surface area contributed by atoms with Gasteiger partial charge in [-0.3, -0.25) is 5.84 Å².